The normalized spacial score (nSPS) is 17.4. The summed E-state index contributed by atoms with van der Waals surface area (Å²) in [5.74, 6) is 0.766. The van der Waals surface area contributed by atoms with Crippen molar-refractivity contribution >= 4 is 34.8 Å². The van der Waals surface area contributed by atoms with Crippen LogP contribution in [0, 0.1) is 39.0 Å². The summed E-state index contributed by atoms with van der Waals surface area (Å²) in [6, 6.07) is 21.0. The van der Waals surface area contributed by atoms with Gasteiger partial charge in [0, 0.05) is 33.4 Å². The standard InChI is InChI=1S/C33H32ClN3OS/c1-19-11-13-24(14-12-19)39-18-23-15-20(2)16-25(21(23)3)31-26(17-35)33(36)37(28-8-5-7-27(34)22(28)4)29-9-6-10-30(38)32(29)31/h5,7-8,11-16,31H,6,9-10,18,36H2,1-4H3. The first-order valence-corrected chi connectivity index (χ1v) is 14.6. The lowest BCUT2D eigenvalue weighted by Crippen LogP contribution is -2.39. The predicted octanol–water partition coefficient (Wildman–Crippen LogP) is 8.17. The molecular formula is C33H32ClN3OS. The van der Waals surface area contributed by atoms with Crippen LogP contribution in [0.2, 0.25) is 5.02 Å². The van der Waals surface area contributed by atoms with Gasteiger partial charge in [0.25, 0.3) is 0 Å². The number of nitrogens with zero attached hydrogens (tertiary/aromatic N) is 2. The van der Waals surface area contributed by atoms with E-state index in [0.717, 1.165) is 45.8 Å². The number of nitrogens with two attached hydrogens (primary N) is 1. The monoisotopic (exact) mass is 553 g/mol. The molecule has 0 saturated carbocycles. The van der Waals surface area contributed by atoms with Gasteiger partial charge in [-0.1, -0.05) is 53.1 Å². The molecule has 0 aromatic heterocycles. The number of halogens is 1. The number of hydrogen-bond acceptors (Lipinski definition) is 5. The highest BCUT2D eigenvalue weighted by molar-refractivity contribution is 7.98. The van der Waals surface area contributed by atoms with Gasteiger partial charge in [0.2, 0.25) is 0 Å². The van der Waals surface area contributed by atoms with Crippen molar-refractivity contribution in [3.63, 3.8) is 0 Å². The van der Waals surface area contributed by atoms with Gasteiger partial charge in [0.1, 0.15) is 5.82 Å². The number of anilines is 1. The van der Waals surface area contributed by atoms with Gasteiger partial charge in [-0.25, -0.2) is 0 Å². The second kappa shape index (κ2) is 11.0. The Hall–Kier alpha value is -3.46. The zero-order valence-corrected chi connectivity index (χ0v) is 24.3. The van der Waals surface area contributed by atoms with Gasteiger partial charge in [0.15, 0.2) is 5.78 Å². The maximum absolute atomic E-state index is 13.6. The first-order valence-electron chi connectivity index (χ1n) is 13.2. The van der Waals surface area contributed by atoms with E-state index in [1.165, 1.54) is 16.0 Å². The molecule has 0 spiro atoms. The number of carbonyl (C=O) groups is 1. The Balaban J connectivity index is 1.65. The number of rotatable bonds is 5. The summed E-state index contributed by atoms with van der Waals surface area (Å²) < 4.78 is 0. The Morgan fingerprint density at radius 3 is 2.49 bits per heavy atom. The van der Waals surface area contributed by atoms with Gasteiger partial charge in [-0.3, -0.25) is 9.69 Å². The van der Waals surface area contributed by atoms with Crippen LogP contribution in [-0.4, -0.2) is 5.78 Å². The maximum Gasteiger partial charge on any atom is 0.161 e. The van der Waals surface area contributed by atoms with Crippen molar-refractivity contribution < 1.29 is 4.79 Å². The van der Waals surface area contributed by atoms with Gasteiger partial charge >= 0.3 is 0 Å². The summed E-state index contributed by atoms with van der Waals surface area (Å²) in [6.07, 6.45) is 1.93. The van der Waals surface area contributed by atoms with Crippen molar-refractivity contribution in [3.8, 4) is 6.07 Å². The van der Waals surface area contributed by atoms with Crippen LogP contribution >= 0.6 is 23.4 Å². The molecule has 5 rings (SSSR count). The van der Waals surface area contributed by atoms with E-state index in [2.05, 4.69) is 63.2 Å². The summed E-state index contributed by atoms with van der Waals surface area (Å²) in [5.41, 5.74) is 16.1. The Bertz CT molecular complexity index is 1580. The summed E-state index contributed by atoms with van der Waals surface area (Å²) in [6.45, 7) is 8.21. The third kappa shape index (κ3) is 5.00. The summed E-state index contributed by atoms with van der Waals surface area (Å²) in [7, 11) is 0. The maximum atomic E-state index is 13.6. The highest BCUT2D eigenvalue weighted by Crippen LogP contribution is 2.48. The molecule has 1 aliphatic carbocycles. The number of benzene rings is 3. The fraction of sp³-hybridized carbons (Fsp3) is 0.273. The second-order valence-corrected chi connectivity index (χ2v) is 11.9. The van der Waals surface area contributed by atoms with E-state index in [4.69, 9.17) is 17.3 Å². The van der Waals surface area contributed by atoms with E-state index >= 15 is 0 Å². The molecule has 3 aromatic rings. The van der Waals surface area contributed by atoms with E-state index in [-0.39, 0.29) is 5.78 Å². The molecular weight excluding hydrogens is 522 g/mol. The van der Waals surface area contributed by atoms with Gasteiger partial charge < -0.3 is 5.73 Å². The number of aryl methyl sites for hydroxylation is 2. The lowest BCUT2D eigenvalue weighted by Gasteiger charge is -2.40. The highest BCUT2D eigenvalue weighted by atomic mass is 35.5. The first-order chi connectivity index (χ1) is 18.7. The van der Waals surface area contributed by atoms with Crippen LogP contribution < -0.4 is 10.6 Å². The molecule has 1 aliphatic heterocycles. The van der Waals surface area contributed by atoms with E-state index in [0.29, 0.717) is 34.8 Å². The van der Waals surface area contributed by atoms with Crippen LogP contribution in [0.1, 0.15) is 58.6 Å². The van der Waals surface area contributed by atoms with E-state index in [1.54, 1.807) is 11.8 Å². The minimum atomic E-state index is -0.489. The first kappa shape index (κ1) is 27.1. The lowest BCUT2D eigenvalue weighted by molar-refractivity contribution is -0.116. The van der Waals surface area contributed by atoms with Crippen molar-refractivity contribution in [2.75, 3.05) is 4.90 Å². The van der Waals surface area contributed by atoms with Gasteiger partial charge in [-0.2, -0.15) is 5.26 Å². The van der Waals surface area contributed by atoms with Crippen LogP contribution in [0.4, 0.5) is 5.69 Å². The molecule has 3 aromatic carbocycles. The number of Topliss-reactive ketones (excluding diaryl/α,β-unsaturated/α-hetero) is 1. The topological polar surface area (TPSA) is 70.1 Å². The molecule has 2 N–H and O–H groups in total. The number of allylic oxidation sites excluding steroid dienone is 3. The molecule has 6 heteroatoms. The fourth-order valence-electron chi connectivity index (χ4n) is 5.72. The van der Waals surface area contributed by atoms with E-state index in [1.807, 2.05) is 30.0 Å². The molecule has 0 fully saturated rings. The number of ketones is 1. The largest absolute Gasteiger partial charge is 0.384 e. The van der Waals surface area contributed by atoms with Crippen molar-refractivity contribution in [1.82, 2.24) is 0 Å². The van der Waals surface area contributed by atoms with Crippen molar-refractivity contribution in [1.29, 1.82) is 5.26 Å². The van der Waals surface area contributed by atoms with Crippen LogP contribution in [0.15, 0.2) is 82.2 Å². The van der Waals surface area contributed by atoms with Gasteiger partial charge in [-0.05, 0) is 87.1 Å². The predicted molar refractivity (Wildman–Crippen MR) is 161 cm³/mol. The van der Waals surface area contributed by atoms with E-state index < -0.39 is 5.92 Å². The average molecular weight is 554 g/mol. The van der Waals surface area contributed by atoms with Crippen molar-refractivity contribution in [3.05, 3.63) is 116 Å². The Morgan fingerprint density at radius 1 is 1.03 bits per heavy atom. The smallest absolute Gasteiger partial charge is 0.161 e. The Kier molecular flexibility index (Phi) is 7.62. The molecule has 0 radical (unpaired) electrons. The molecule has 39 heavy (non-hydrogen) atoms. The van der Waals surface area contributed by atoms with Crippen molar-refractivity contribution in [2.24, 2.45) is 5.73 Å². The van der Waals surface area contributed by atoms with E-state index in [9.17, 15) is 10.1 Å². The molecule has 0 bridgehead atoms. The highest BCUT2D eigenvalue weighted by Gasteiger charge is 2.41. The van der Waals surface area contributed by atoms with Crippen LogP contribution in [0.3, 0.4) is 0 Å². The third-order valence-corrected chi connectivity index (χ3v) is 9.29. The molecule has 1 atom stereocenters. The van der Waals surface area contributed by atoms with Crippen LogP contribution in [0.5, 0.6) is 0 Å². The molecule has 1 unspecified atom stereocenters. The fourth-order valence-corrected chi connectivity index (χ4v) is 6.84. The van der Waals surface area contributed by atoms with Crippen molar-refractivity contribution in [2.45, 2.75) is 63.5 Å². The SMILES string of the molecule is Cc1ccc(SCc2cc(C)cc(C3C(C#N)=C(N)N(c4cccc(Cl)c4C)C4=C3C(=O)CCC4)c2C)cc1. The summed E-state index contributed by atoms with van der Waals surface area (Å²) in [4.78, 5) is 16.8. The third-order valence-electron chi connectivity index (χ3n) is 7.82. The van der Waals surface area contributed by atoms with Gasteiger partial charge in [0.05, 0.1) is 23.2 Å². The molecule has 198 valence electrons. The summed E-state index contributed by atoms with van der Waals surface area (Å²) in [5, 5.41) is 11.1. The number of thioether (sulfide) groups is 1. The molecule has 1 heterocycles. The number of nitriles is 1. The number of hydrogen-bond donors (Lipinski definition) is 1. The lowest BCUT2D eigenvalue weighted by atomic mass is 9.73. The molecule has 2 aliphatic rings. The molecule has 0 amide bonds. The Labute approximate surface area is 240 Å². The van der Waals surface area contributed by atoms with Gasteiger partial charge in [-0.15, -0.1) is 11.8 Å². The van der Waals surface area contributed by atoms with Crippen LogP contribution in [-0.2, 0) is 10.5 Å². The molecule has 4 nitrogen and oxygen atoms in total. The number of carbonyl (C=O) groups excluding carboxylic acids is 1. The minimum Gasteiger partial charge on any atom is -0.384 e. The quantitative estimate of drug-likeness (QED) is 0.323. The average Bonchev–Trinajstić information content (AvgIpc) is 2.91. The Morgan fingerprint density at radius 2 is 1.77 bits per heavy atom. The molecule has 0 saturated heterocycles. The zero-order valence-electron chi connectivity index (χ0n) is 22.8. The zero-order chi connectivity index (χ0) is 27.8. The van der Waals surface area contributed by atoms with Crippen LogP contribution in [0.25, 0.3) is 0 Å². The second-order valence-electron chi connectivity index (χ2n) is 10.4. The minimum absolute atomic E-state index is 0.0858. The summed E-state index contributed by atoms with van der Waals surface area (Å²) >= 11 is 8.27.